The average molecular weight is 223 g/mol. The van der Waals surface area contributed by atoms with Crippen molar-refractivity contribution in [3.8, 4) is 0 Å². The number of ketones is 1. The van der Waals surface area contributed by atoms with Crippen LogP contribution in [0.25, 0.3) is 0 Å². The van der Waals surface area contributed by atoms with E-state index >= 15 is 0 Å². The topological polar surface area (TPSA) is 30.0 Å². The minimum absolute atomic E-state index is 0.0885. The zero-order valence-corrected chi connectivity index (χ0v) is 10.1. The van der Waals surface area contributed by atoms with E-state index < -0.39 is 0 Å². The van der Waals surface area contributed by atoms with Gasteiger partial charge in [-0.3, -0.25) is 4.79 Å². The summed E-state index contributed by atoms with van der Waals surface area (Å²) in [5.74, 6) is 0.902. The summed E-state index contributed by atoms with van der Waals surface area (Å²) in [5, 5.41) is 0. The molecule has 0 aromatic carbocycles. The lowest BCUT2D eigenvalue weighted by Crippen LogP contribution is -2.09. The third-order valence-corrected chi connectivity index (χ3v) is 3.94. The molecule has 2 rings (SSSR count). The maximum absolute atomic E-state index is 12.0. The van der Waals surface area contributed by atoms with Crippen LogP contribution in [0.3, 0.4) is 0 Å². The van der Waals surface area contributed by atoms with Crippen molar-refractivity contribution in [1.29, 1.82) is 0 Å². The van der Waals surface area contributed by atoms with E-state index in [9.17, 15) is 4.79 Å². The number of rotatable bonds is 3. The Morgan fingerprint density at radius 2 is 2.13 bits per heavy atom. The van der Waals surface area contributed by atoms with E-state index in [4.69, 9.17) is 0 Å². The van der Waals surface area contributed by atoms with Crippen LogP contribution < -0.4 is 0 Å². The molecule has 1 aromatic rings. The molecular formula is C12H17NOS. The Kier molecular flexibility index (Phi) is 3.19. The normalized spacial score (nSPS) is 17.5. The summed E-state index contributed by atoms with van der Waals surface area (Å²) in [6, 6.07) is 0. The first-order valence-electron chi connectivity index (χ1n) is 5.67. The fourth-order valence-electron chi connectivity index (χ4n) is 2.19. The van der Waals surface area contributed by atoms with Crippen molar-refractivity contribution in [1.82, 2.24) is 4.98 Å². The van der Waals surface area contributed by atoms with Gasteiger partial charge in [-0.1, -0.05) is 26.7 Å². The summed E-state index contributed by atoms with van der Waals surface area (Å²) < 4.78 is 0. The highest BCUT2D eigenvalue weighted by atomic mass is 32.1. The highest BCUT2D eigenvalue weighted by Gasteiger charge is 2.26. The van der Waals surface area contributed by atoms with Gasteiger partial charge in [0.25, 0.3) is 0 Å². The molecule has 15 heavy (non-hydrogen) atoms. The van der Waals surface area contributed by atoms with Crippen LogP contribution >= 0.6 is 11.3 Å². The minimum atomic E-state index is 0.0885. The molecule has 1 heterocycles. The molecule has 0 bridgehead atoms. The molecule has 0 amide bonds. The summed E-state index contributed by atoms with van der Waals surface area (Å²) in [6.45, 7) is 3.92. The van der Waals surface area contributed by atoms with Gasteiger partial charge in [-0.05, 0) is 12.8 Å². The van der Waals surface area contributed by atoms with E-state index in [2.05, 4.69) is 4.98 Å². The molecule has 0 unspecified atom stereocenters. The molecule has 0 N–H and O–H groups in total. The van der Waals surface area contributed by atoms with Crippen LogP contribution in [0, 0.1) is 5.92 Å². The Morgan fingerprint density at radius 1 is 1.47 bits per heavy atom. The summed E-state index contributed by atoms with van der Waals surface area (Å²) in [7, 11) is 0. The second kappa shape index (κ2) is 4.44. The van der Waals surface area contributed by atoms with Gasteiger partial charge >= 0.3 is 0 Å². The third-order valence-electron chi connectivity index (χ3n) is 3.09. The van der Waals surface area contributed by atoms with E-state index in [0.717, 1.165) is 10.6 Å². The molecule has 0 radical (unpaired) electrons. The molecule has 1 aliphatic carbocycles. The highest BCUT2D eigenvalue weighted by Crippen LogP contribution is 2.36. The quantitative estimate of drug-likeness (QED) is 0.732. The van der Waals surface area contributed by atoms with Crippen molar-refractivity contribution < 1.29 is 4.79 Å². The maximum atomic E-state index is 12.0. The monoisotopic (exact) mass is 223 g/mol. The second-order valence-electron chi connectivity index (χ2n) is 4.57. The van der Waals surface area contributed by atoms with Gasteiger partial charge in [0, 0.05) is 11.8 Å². The second-order valence-corrected chi connectivity index (χ2v) is 5.42. The zero-order chi connectivity index (χ0) is 10.8. The lowest BCUT2D eigenvalue weighted by Gasteiger charge is -2.09. The van der Waals surface area contributed by atoms with E-state index in [1.807, 2.05) is 19.4 Å². The van der Waals surface area contributed by atoms with Crippen molar-refractivity contribution in [3.05, 3.63) is 16.1 Å². The van der Waals surface area contributed by atoms with Gasteiger partial charge in [-0.25, -0.2) is 4.98 Å². The standard InChI is InChI=1S/C12H17NOS/c1-8(2)11(14)12-10(13-7-15-12)9-5-3-4-6-9/h7-9H,3-6H2,1-2H3. The maximum Gasteiger partial charge on any atom is 0.177 e. The van der Waals surface area contributed by atoms with E-state index in [1.54, 1.807) is 0 Å². The SMILES string of the molecule is CC(C)C(=O)c1scnc1C1CCCC1. The average Bonchev–Trinajstić information content (AvgIpc) is 2.86. The number of carbonyl (C=O) groups excluding carboxylic acids is 1. The molecule has 0 spiro atoms. The molecule has 0 saturated heterocycles. The van der Waals surface area contributed by atoms with Crippen molar-refractivity contribution in [2.24, 2.45) is 5.92 Å². The van der Waals surface area contributed by atoms with Crippen LogP contribution in [0.15, 0.2) is 5.51 Å². The Bertz CT molecular complexity index is 350. The molecule has 0 aliphatic heterocycles. The Morgan fingerprint density at radius 3 is 2.73 bits per heavy atom. The number of aromatic nitrogens is 1. The summed E-state index contributed by atoms with van der Waals surface area (Å²) in [5.41, 5.74) is 2.90. The molecule has 1 aromatic heterocycles. The van der Waals surface area contributed by atoms with Crippen molar-refractivity contribution in [2.45, 2.75) is 45.4 Å². The number of hydrogen-bond donors (Lipinski definition) is 0. The van der Waals surface area contributed by atoms with Crippen LogP contribution in [0.1, 0.15) is 60.8 Å². The Balaban J connectivity index is 2.25. The number of thiazole rings is 1. The third kappa shape index (κ3) is 2.12. The van der Waals surface area contributed by atoms with E-state index in [1.165, 1.54) is 37.0 Å². The minimum Gasteiger partial charge on any atom is -0.293 e. The number of Topliss-reactive ketones (excluding diaryl/α,β-unsaturated/α-hetero) is 1. The zero-order valence-electron chi connectivity index (χ0n) is 9.32. The van der Waals surface area contributed by atoms with Gasteiger partial charge in [0.05, 0.1) is 16.1 Å². The highest BCUT2D eigenvalue weighted by molar-refractivity contribution is 7.12. The van der Waals surface area contributed by atoms with Crippen LogP contribution in [-0.2, 0) is 0 Å². The first-order valence-corrected chi connectivity index (χ1v) is 6.55. The lowest BCUT2D eigenvalue weighted by molar-refractivity contribution is 0.0942. The fraction of sp³-hybridized carbons (Fsp3) is 0.667. The summed E-state index contributed by atoms with van der Waals surface area (Å²) >= 11 is 1.51. The van der Waals surface area contributed by atoms with Gasteiger partial charge in [0.15, 0.2) is 5.78 Å². The van der Waals surface area contributed by atoms with Gasteiger partial charge in [-0.15, -0.1) is 11.3 Å². The molecule has 2 nitrogen and oxygen atoms in total. The van der Waals surface area contributed by atoms with Crippen LogP contribution in [0.5, 0.6) is 0 Å². The molecule has 1 fully saturated rings. The largest absolute Gasteiger partial charge is 0.293 e. The molecule has 1 saturated carbocycles. The van der Waals surface area contributed by atoms with Gasteiger partial charge in [0.1, 0.15) is 0 Å². The lowest BCUT2D eigenvalue weighted by atomic mass is 9.98. The van der Waals surface area contributed by atoms with Crippen molar-refractivity contribution >= 4 is 17.1 Å². The molecule has 1 aliphatic rings. The predicted octanol–water partition coefficient (Wildman–Crippen LogP) is 3.64. The fourth-order valence-corrected chi connectivity index (χ4v) is 3.16. The Labute approximate surface area is 94.7 Å². The Hall–Kier alpha value is -0.700. The number of carbonyl (C=O) groups is 1. The smallest absolute Gasteiger partial charge is 0.177 e. The number of hydrogen-bond acceptors (Lipinski definition) is 3. The molecule has 82 valence electrons. The van der Waals surface area contributed by atoms with Gasteiger partial charge in [-0.2, -0.15) is 0 Å². The first-order chi connectivity index (χ1) is 7.20. The molecule has 0 atom stereocenters. The van der Waals surface area contributed by atoms with Crippen LogP contribution in [-0.4, -0.2) is 10.8 Å². The van der Waals surface area contributed by atoms with E-state index in [-0.39, 0.29) is 11.7 Å². The summed E-state index contributed by atoms with van der Waals surface area (Å²) in [4.78, 5) is 17.3. The van der Waals surface area contributed by atoms with E-state index in [0.29, 0.717) is 5.92 Å². The van der Waals surface area contributed by atoms with Gasteiger partial charge in [0.2, 0.25) is 0 Å². The van der Waals surface area contributed by atoms with Crippen LogP contribution in [0.4, 0.5) is 0 Å². The predicted molar refractivity (Wildman–Crippen MR) is 62.5 cm³/mol. The molecule has 3 heteroatoms. The first kappa shape index (κ1) is 10.8. The summed E-state index contributed by atoms with van der Waals surface area (Å²) in [6.07, 6.45) is 5.00. The van der Waals surface area contributed by atoms with Crippen molar-refractivity contribution in [2.75, 3.05) is 0 Å². The van der Waals surface area contributed by atoms with Crippen LogP contribution in [0.2, 0.25) is 0 Å². The molecular weight excluding hydrogens is 206 g/mol. The van der Waals surface area contributed by atoms with Crippen molar-refractivity contribution in [3.63, 3.8) is 0 Å². The number of nitrogens with zero attached hydrogens (tertiary/aromatic N) is 1. The van der Waals surface area contributed by atoms with Gasteiger partial charge < -0.3 is 0 Å².